The van der Waals surface area contributed by atoms with Crippen LogP contribution in [0, 0.1) is 0 Å². The van der Waals surface area contributed by atoms with Crippen molar-refractivity contribution in [3.63, 3.8) is 0 Å². The molecule has 0 amide bonds. The van der Waals surface area contributed by atoms with Gasteiger partial charge in [0.25, 0.3) is 10.1 Å². The summed E-state index contributed by atoms with van der Waals surface area (Å²) in [6.45, 7) is 0.245. The van der Waals surface area contributed by atoms with Gasteiger partial charge >= 0.3 is 0 Å². The molecule has 74 valence electrons. The highest BCUT2D eigenvalue weighted by Gasteiger charge is 2.03. The van der Waals surface area contributed by atoms with Crippen LogP contribution in [-0.4, -0.2) is 25.3 Å². The van der Waals surface area contributed by atoms with E-state index in [9.17, 15) is 8.42 Å². The fraction of sp³-hybridized carbons (Fsp3) is 0.500. The number of allylic oxidation sites excluding steroid dienone is 3. The highest BCUT2D eigenvalue weighted by atomic mass is 32.2. The van der Waals surface area contributed by atoms with E-state index in [0.717, 1.165) is 18.5 Å². The first-order valence-corrected chi connectivity index (χ1v) is 5.74. The van der Waals surface area contributed by atoms with Crippen LogP contribution in [0.2, 0.25) is 0 Å². The van der Waals surface area contributed by atoms with Crippen molar-refractivity contribution in [2.45, 2.75) is 12.8 Å². The fourth-order valence-corrected chi connectivity index (χ4v) is 1.43. The highest BCUT2D eigenvalue weighted by Crippen LogP contribution is 2.05. The molecular weight excluding hydrogens is 190 g/mol. The molecule has 1 aliphatic rings. The van der Waals surface area contributed by atoms with Crippen LogP contribution in [0.5, 0.6) is 0 Å². The SMILES string of the molecule is O=S(=O)(O)CCNC1=CCCC=C1. The van der Waals surface area contributed by atoms with E-state index in [2.05, 4.69) is 5.32 Å². The van der Waals surface area contributed by atoms with Crippen molar-refractivity contribution < 1.29 is 13.0 Å². The minimum absolute atomic E-state index is 0.245. The van der Waals surface area contributed by atoms with E-state index in [1.807, 2.05) is 18.2 Å². The van der Waals surface area contributed by atoms with E-state index in [1.165, 1.54) is 0 Å². The molecule has 0 fully saturated rings. The zero-order chi connectivity index (χ0) is 9.73. The summed E-state index contributed by atoms with van der Waals surface area (Å²) < 4.78 is 29.1. The number of hydrogen-bond donors (Lipinski definition) is 2. The molecule has 4 nitrogen and oxygen atoms in total. The van der Waals surface area contributed by atoms with E-state index in [0.29, 0.717) is 0 Å². The average molecular weight is 203 g/mol. The number of nitrogens with one attached hydrogen (secondary N) is 1. The van der Waals surface area contributed by atoms with Gasteiger partial charge < -0.3 is 5.32 Å². The summed E-state index contributed by atoms with van der Waals surface area (Å²) in [6, 6.07) is 0. The van der Waals surface area contributed by atoms with Crippen molar-refractivity contribution >= 4 is 10.1 Å². The third kappa shape index (κ3) is 4.69. The van der Waals surface area contributed by atoms with Crippen LogP contribution < -0.4 is 5.32 Å². The quantitative estimate of drug-likeness (QED) is 0.660. The monoisotopic (exact) mass is 203 g/mol. The van der Waals surface area contributed by atoms with Gasteiger partial charge in [0, 0.05) is 12.2 Å². The van der Waals surface area contributed by atoms with Crippen molar-refractivity contribution in [3.05, 3.63) is 23.9 Å². The van der Waals surface area contributed by atoms with Crippen molar-refractivity contribution in [3.8, 4) is 0 Å². The van der Waals surface area contributed by atoms with E-state index in [4.69, 9.17) is 4.55 Å². The zero-order valence-corrected chi connectivity index (χ0v) is 8.05. The summed E-state index contributed by atoms with van der Waals surface area (Å²) in [6.07, 6.45) is 7.95. The van der Waals surface area contributed by atoms with Gasteiger partial charge in [-0.15, -0.1) is 0 Å². The summed E-state index contributed by atoms with van der Waals surface area (Å²) in [7, 11) is -3.84. The second-order valence-corrected chi connectivity index (χ2v) is 4.42. The highest BCUT2D eigenvalue weighted by molar-refractivity contribution is 7.85. The molecule has 13 heavy (non-hydrogen) atoms. The smallest absolute Gasteiger partial charge is 0.266 e. The van der Waals surface area contributed by atoms with Gasteiger partial charge in [0.1, 0.15) is 0 Å². The van der Waals surface area contributed by atoms with E-state index < -0.39 is 10.1 Å². The van der Waals surface area contributed by atoms with Gasteiger partial charge in [-0.3, -0.25) is 4.55 Å². The molecule has 0 unspecified atom stereocenters. The first-order valence-electron chi connectivity index (χ1n) is 4.14. The summed E-state index contributed by atoms with van der Waals surface area (Å²) in [4.78, 5) is 0. The van der Waals surface area contributed by atoms with E-state index in [-0.39, 0.29) is 12.3 Å². The lowest BCUT2D eigenvalue weighted by molar-refractivity contribution is 0.482. The summed E-state index contributed by atoms with van der Waals surface area (Å²) in [5, 5.41) is 2.91. The maximum Gasteiger partial charge on any atom is 0.266 e. The molecule has 0 aliphatic heterocycles. The van der Waals surface area contributed by atoms with Gasteiger partial charge in [0.2, 0.25) is 0 Å². The van der Waals surface area contributed by atoms with Crippen molar-refractivity contribution in [2.24, 2.45) is 0 Å². The molecule has 0 bridgehead atoms. The Morgan fingerprint density at radius 3 is 2.77 bits per heavy atom. The lowest BCUT2D eigenvalue weighted by atomic mass is 10.1. The molecule has 0 aromatic carbocycles. The topological polar surface area (TPSA) is 66.4 Å². The maximum absolute atomic E-state index is 10.4. The van der Waals surface area contributed by atoms with Crippen LogP contribution in [-0.2, 0) is 10.1 Å². The normalized spacial score (nSPS) is 16.8. The standard InChI is InChI=1S/C8H13NO3S/c10-13(11,12)7-6-9-8-4-2-1-3-5-8/h2,4-5,9H,1,3,6-7H2,(H,10,11,12). The molecule has 5 heteroatoms. The summed E-state index contributed by atoms with van der Waals surface area (Å²) >= 11 is 0. The summed E-state index contributed by atoms with van der Waals surface area (Å²) in [5.41, 5.74) is 0.926. The molecule has 1 rings (SSSR count). The second kappa shape index (κ2) is 4.43. The van der Waals surface area contributed by atoms with Crippen LogP contribution in [0.4, 0.5) is 0 Å². The van der Waals surface area contributed by atoms with Gasteiger partial charge in [-0.05, 0) is 18.9 Å². The predicted molar refractivity (Wildman–Crippen MR) is 50.9 cm³/mol. The van der Waals surface area contributed by atoms with Crippen LogP contribution in [0.25, 0.3) is 0 Å². The van der Waals surface area contributed by atoms with Gasteiger partial charge in [-0.1, -0.05) is 12.2 Å². The van der Waals surface area contributed by atoms with Gasteiger partial charge in [0.05, 0.1) is 5.75 Å². The number of hydrogen-bond acceptors (Lipinski definition) is 3. The third-order valence-corrected chi connectivity index (χ3v) is 2.40. The Bertz CT molecular complexity index is 316. The van der Waals surface area contributed by atoms with Crippen molar-refractivity contribution in [2.75, 3.05) is 12.3 Å². The Kier molecular flexibility index (Phi) is 3.50. The Hall–Kier alpha value is -0.810. The third-order valence-electron chi connectivity index (χ3n) is 1.68. The maximum atomic E-state index is 10.4. The molecule has 2 N–H and O–H groups in total. The fourth-order valence-electron chi connectivity index (χ4n) is 1.07. The minimum Gasteiger partial charge on any atom is -0.384 e. The Morgan fingerprint density at radius 1 is 1.46 bits per heavy atom. The lowest BCUT2D eigenvalue weighted by Gasteiger charge is -2.08. The Balaban J connectivity index is 2.27. The van der Waals surface area contributed by atoms with Crippen LogP contribution in [0.1, 0.15) is 12.8 Å². The molecule has 0 radical (unpaired) electrons. The molecule has 0 aromatic rings. The second-order valence-electron chi connectivity index (χ2n) is 2.85. The minimum atomic E-state index is -3.84. The van der Waals surface area contributed by atoms with Crippen molar-refractivity contribution in [1.29, 1.82) is 0 Å². The lowest BCUT2D eigenvalue weighted by Crippen LogP contribution is -2.21. The summed E-state index contributed by atoms with van der Waals surface area (Å²) in [5.74, 6) is -0.252. The van der Waals surface area contributed by atoms with Crippen LogP contribution in [0.15, 0.2) is 23.9 Å². The van der Waals surface area contributed by atoms with Crippen LogP contribution in [0.3, 0.4) is 0 Å². The first-order chi connectivity index (χ1) is 6.08. The van der Waals surface area contributed by atoms with Gasteiger partial charge in [0.15, 0.2) is 0 Å². The molecule has 0 spiro atoms. The molecular formula is C8H13NO3S. The predicted octanol–water partition coefficient (Wildman–Crippen LogP) is 0.698. The molecule has 0 atom stereocenters. The molecule has 0 heterocycles. The number of rotatable bonds is 4. The van der Waals surface area contributed by atoms with Gasteiger partial charge in [-0.2, -0.15) is 8.42 Å². The van der Waals surface area contributed by atoms with Gasteiger partial charge in [-0.25, -0.2) is 0 Å². The van der Waals surface area contributed by atoms with E-state index >= 15 is 0 Å². The largest absolute Gasteiger partial charge is 0.384 e. The first kappa shape index (κ1) is 10.3. The van der Waals surface area contributed by atoms with Crippen LogP contribution >= 0.6 is 0 Å². The Labute approximate surface area is 78.1 Å². The molecule has 0 saturated heterocycles. The Morgan fingerprint density at radius 2 is 2.23 bits per heavy atom. The molecule has 1 aliphatic carbocycles. The zero-order valence-electron chi connectivity index (χ0n) is 7.23. The molecule has 0 aromatic heterocycles. The molecule has 0 saturated carbocycles. The average Bonchev–Trinajstić information content (AvgIpc) is 2.04. The van der Waals surface area contributed by atoms with Crippen molar-refractivity contribution in [1.82, 2.24) is 5.32 Å². The van der Waals surface area contributed by atoms with E-state index in [1.54, 1.807) is 0 Å².